The zero-order chi connectivity index (χ0) is 42.7. The largest absolute Gasteiger partial charge is 0.460 e. The molecule has 2 aliphatic carbocycles. The van der Waals surface area contributed by atoms with Crippen molar-refractivity contribution in [3.63, 3.8) is 0 Å². The Morgan fingerprint density at radius 1 is 0.458 bits per heavy atom. The maximum absolute atomic E-state index is 7.11. The second-order valence-electron chi connectivity index (χ2n) is 22.6. The molecule has 0 fully saturated rings. The molecule has 0 radical (unpaired) electrons. The number of hydrogen-bond acceptors (Lipinski definition) is 4. The van der Waals surface area contributed by atoms with Gasteiger partial charge in [-0.1, -0.05) is 121 Å². The topological polar surface area (TPSA) is 32.8 Å². The molecule has 310 valence electrons. The van der Waals surface area contributed by atoms with E-state index in [1.54, 1.807) is 0 Å². The van der Waals surface area contributed by atoms with E-state index < -0.39 is 0 Å². The van der Waals surface area contributed by atoms with Crippen molar-refractivity contribution in [2.45, 2.75) is 162 Å². The molecular formula is C55H68N2O2. The molecule has 0 unspecified atom stereocenters. The number of nitrogens with zero attached hydrogens (tertiary/aromatic N) is 2. The Kier molecular flexibility index (Phi) is 9.51. The Bertz CT molecular complexity index is 2490. The fraction of sp³-hybridized carbons (Fsp3) is 0.455. The van der Waals surface area contributed by atoms with Gasteiger partial charge >= 0.3 is 0 Å². The van der Waals surface area contributed by atoms with Crippen LogP contribution in [0, 0.1) is 6.92 Å². The van der Waals surface area contributed by atoms with Gasteiger partial charge in [-0.05, 0) is 132 Å². The molecule has 0 atom stereocenters. The number of furan rings is 2. The molecule has 0 amide bonds. The molecule has 2 heterocycles. The Hall–Kier alpha value is -4.70. The maximum Gasteiger partial charge on any atom is 0.204 e. The number of benzene rings is 4. The van der Waals surface area contributed by atoms with Gasteiger partial charge in [-0.2, -0.15) is 0 Å². The van der Waals surface area contributed by atoms with E-state index in [2.05, 4.69) is 205 Å². The summed E-state index contributed by atoms with van der Waals surface area (Å²) in [7, 11) is 0. The number of hydrogen-bond donors (Lipinski definition) is 0. The van der Waals surface area contributed by atoms with Crippen molar-refractivity contribution >= 4 is 45.3 Å². The van der Waals surface area contributed by atoms with Crippen LogP contribution in [0.15, 0.2) is 99.8 Å². The van der Waals surface area contributed by atoms with Crippen LogP contribution in [-0.2, 0) is 32.5 Å². The summed E-state index contributed by atoms with van der Waals surface area (Å²) in [6.45, 7) is 34.7. The normalized spacial score (nSPS) is 18.0. The van der Waals surface area contributed by atoms with Gasteiger partial charge < -0.3 is 13.7 Å². The highest BCUT2D eigenvalue weighted by molar-refractivity contribution is 5.91. The van der Waals surface area contributed by atoms with E-state index in [0.717, 1.165) is 77.1 Å². The summed E-state index contributed by atoms with van der Waals surface area (Å²) in [5, 5.41) is 1.21. The zero-order valence-electron chi connectivity index (χ0n) is 38.7. The highest BCUT2D eigenvalue weighted by Gasteiger charge is 2.43. The lowest BCUT2D eigenvalue weighted by molar-refractivity contribution is 0.280. The monoisotopic (exact) mass is 789 g/mol. The average molecular weight is 789 g/mol. The van der Waals surface area contributed by atoms with E-state index >= 15 is 0 Å². The molecule has 0 saturated heterocycles. The van der Waals surface area contributed by atoms with E-state index in [4.69, 9.17) is 8.83 Å². The summed E-state index contributed by atoms with van der Waals surface area (Å²) in [6, 6.07) is 34.4. The minimum atomic E-state index is -0.0483. The molecule has 4 heteroatoms. The van der Waals surface area contributed by atoms with E-state index in [1.807, 2.05) is 0 Å². The first-order valence-electron chi connectivity index (χ1n) is 22.0. The van der Waals surface area contributed by atoms with Crippen molar-refractivity contribution in [2.24, 2.45) is 0 Å². The maximum atomic E-state index is 7.11. The smallest absolute Gasteiger partial charge is 0.204 e. The molecule has 0 saturated carbocycles. The fourth-order valence-electron chi connectivity index (χ4n) is 9.68. The highest BCUT2D eigenvalue weighted by Crippen LogP contribution is 2.53. The van der Waals surface area contributed by atoms with Crippen molar-refractivity contribution < 1.29 is 8.83 Å². The van der Waals surface area contributed by atoms with Crippen molar-refractivity contribution in [2.75, 3.05) is 9.80 Å². The van der Waals surface area contributed by atoms with Crippen LogP contribution >= 0.6 is 0 Å². The Morgan fingerprint density at radius 3 is 1.47 bits per heavy atom. The van der Waals surface area contributed by atoms with Crippen LogP contribution in [0.4, 0.5) is 34.3 Å². The summed E-state index contributed by atoms with van der Waals surface area (Å²) < 4.78 is 13.9. The van der Waals surface area contributed by atoms with Gasteiger partial charge in [0.2, 0.25) is 5.88 Å². The van der Waals surface area contributed by atoms with Crippen LogP contribution in [0.2, 0.25) is 0 Å². The van der Waals surface area contributed by atoms with Gasteiger partial charge in [0.25, 0.3) is 0 Å². The summed E-state index contributed by atoms with van der Waals surface area (Å²) in [6.07, 6.45) is 4.46. The molecular weight excluding hydrogens is 721 g/mol. The van der Waals surface area contributed by atoms with Crippen molar-refractivity contribution in [3.8, 4) is 0 Å². The third kappa shape index (κ3) is 7.33. The fourth-order valence-corrected chi connectivity index (χ4v) is 9.68. The second-order valence-corrected chi connectivity index (χ2v) is 22.6. The molecule has 0 bridgehead atoms. The predicted molar refractivity (Wildman–Crippen MR) is 251 cm³/mol. The van der Waals surface area contributed by atoms with Crippen molar-refractivity contribution in [1.29, 1.82) is 0 Å². The van der Waals surface area contributed by atoms with Crippen LogP contribution < -0.4 is 9.80 Å². The van der Waals surface area contributed by atoms with Crippen LogP contribution in [-0.4, -0.2) is 0 Å². The van der Waals surface area contributed by atoms with Crippen LogP contribution in [0.5, 0.6) is 0 Å². The van der Waals surface area contributed by atoms with Gasteiger partial charge in [-0.3, -0.25) is 4.90 Å². The minimum Gasteiger partial charge on any atom is -0.460 e. The first-order chi connectivity index (χ1) is 27.4. The summed E-state index contributed by atoms with van der Waals surface area (Å²) in [5.41, 5.74) is 12.9. The number of fused-ring (bicyclic) bond motifs is 4. The average Bonchev–Trinajstić information content (AvgIpc) is 3.78. The number of aryl methyl sites for hydroxylation is 1. The molecule has 2 aliphatic rings. The second kappa shape index (κ2) is 13.7. The number of rotatable bonds is 6. The van der Waals surface area contributed by atoms with Gasteiger partial charge in [0, 0.05) is 56.2 Å². The van der Waals surface area contributed by atoms with Crippen molar-refractivity contribution in [3.05, 3.63) is 130 Å². The third-order valence-electron chi connectivity index (χ3n) is 13.8. The van der Waals surface area contributed by atoms with E-state index in [9.17, 15) is 0 Å². The summed E-state index contributed by atoms with van der Waals surface area (Å²) in [5.74, 6) is 3.10. The summed E-state index contributed by atoms with van der Waals surface area (Å²) in [4.78, 5) is 4.78. The lowest BCUT2D eigenvalue weighted by Crippen LogP contribution is -2.32. The number of anilines is 6. The predicted octanol–water partition coefficient (Wildman–Crippen LogP) is 16.6. The lowest BCUT2D eigenvalue weighted by Gasteiger charge is -2.38. The molecule has 4 nitrogen and oxygen atoms in total. The molecule has 59 heavy (non-hydrogen) atoms. The zero-order valence-corrected chi connectivity index (χ0v) is 38.7. The van der Waals surface area contributed by atoms with Crippen molar-refractivity contribution in [1.82, 2.24) is 0 Å². The van der Waals surface area contributed by atoms with Crippen LogP contribution in [0.1, 0.15) is 162 Å². The lowest BCUT2D eigenvalue weighted by atomic mass is 9.66. The Labute approximate surface area is 355 Å². The highest BCUT2D eigenvalue weighted by atomic mass is 16.4. The van der Waals surface area contributed by atoms with Gasteiger partial charge in [0.05, 0.1) is 5.69 Å². The SMILES string of the molecule is Cc1cc(N(c2ccc(C(C)(C)C)cc2)c2ccc3oc4c(c3c2)C(C)(C)CCC4(C)C)cc(N(c2ccc(C(C)(C)C)cc2)c2cc3c(o2)C(C)(C)CCC3(C)C)c1. The Balaban J connectivity index is 1.35. The molecule has 0 spiro atoms. The van der Waals surface area contributed by atoms with Gasteiger partial charge in [0.1, 0.15) is 17.1 Å². The standard InChI is InChI=1S/C55H68N2O2/c1-35-30-41(32-42(31-35)57(39-22-18-37(19-23-39)51(5,6)7)46-34-44-48(59-46)54(12,13)28-26-52(44,8)9)56(38-20-16-36(17-21-38)50(2,3)4)40-24-25-45-43(33-40)47-49(58-45)55(14,15)29-27-53(47,10)11/h16-25,30-34H,26-29H2,1-15H3. The first-order valence-corrected chi connectivity index (χ1v) is 22.0. The quantitative estimate of drug-likeness (QED) is 0.168. The minimum absolute atomic E-state index is 0.0119. The van der Waals surface area contributed by atoms with E-state index in [-0.39, 0.29) is 32.5 Å². The van der Waals surface area contributed by atoms with E-state index in [0.29, 0.717) is 0 Å². The molecule has 8 rings (SSSR count). The van der Waals surface area contributed by atoms with Crippen LogP contribution in [0.3, 0.4) is 0 Å². The Morgan fingerprint density at radius 2 is 0.932 bits per heavy atom. The van der Waals surface area contributed by atoms with Crippen LogP contribution in [0.25, 0.3) is 11.0 Å². The van der Waals surface area contributed by atoms with Gasteiger partial charge in [-0.25, -0.2) is 0 Å². The van der Waals surface area contributed by atoms with Gasteiger partial charge in [0.15, 0.2) is 0 Å². The molecule has 6 aromatic rings. The molecule has 0 aliphatic heterocycles. The first kappa shape index (κ1) is 41.1. The van der Waals surface area contributed by atoms with Gasteiger partial charge in [-0.15, -0.1) is 0 Å². The third-order valence-corrected chi connectivity index (χ3v) is 13.8. The molecule has 4 aromatic carbocycles. The summed E-state index contributed by atoms with van der Waals surface area (Å²) >= 11 is 0. The molecule has 0 N–H and O–H groups in total. The van der Waals surface area contributed by atoms with E-state index in [1.165, 1.54) is 33.2 Å². The molecule has 2 aromatic heterocycles.